The molecule has 1 aromatic heterocycles. The Morgan fingerprint density at radius 3 is 2.59 bits per heavy atom. The number of nitrogens with zero attached hydrogens (tertiary/aromatic N) is 7. The Balaban J connectivity index is 0.728. The number of carbonyl (C=O) groups excluding carboxylic acids is 4. The van der Waals surface area contributed by atoms with Crippen molar-refractivity contribution in [2.45, 2.75) is 69.0 Å². The van der Waals surface area contributed by atoms with Gasteiger partial charge in [-0.1, -0.05) is 42.5 Å². The lowest BCUT2D eigenvalue weighted by atomic mass is 10.0. The first-order valence-electron chi connectivity index (χ1n) is 22.8. The number of likely N-dealkylation sites (N-methyl/N-ethyl adjacent to an activating group) is 1. The maximum atomic E-state index is 13.2. The van der Waals surface area contributed by atoms with Crippen molar-refractivity contribution in [1.82, 2.24) is 30.4 Å². The quantitative estimate of drug-likeness (QED) is 0.103. The molecule has 0 saturated carbocycles. The monoisotopic (exact) mass is 901 g/mol. The van der Waals surface area contributed by atoms with Crippen LogP contribution in [-0.2, 0) is 36.8 Å². The van der Waals surface area contributed by atoms with Gasteiger partial charge in [-0.15, -0.1) is 0 Å². The second-order valence-corrected chi connectivity index (χ2v) is 17.5. The number of hydrogen-bond acceptors (Lipinski definition) is 16. The fourth-order valence-electron chi connectivity index (χ4n) is 9.66. The van der Waals surface area contributed by atoms with Crippen LogP contribution in [0.1, 0.15) is 69.3 Å². The standard InChI is InChI=1S/C48H55N9O9/c1-54-26-34(65-22-21-63-19-20-64-29-42(58)31-9-10-36-38(23-31)47(62)57(46(36)61)41-11-12-43(59)52-45(41)60)24-33(54)28-66-48-51-39-27-55(40-8-4-6-30-5-2-3-7-35(30)40)17-14-37(39)44(53-48)56-18-16-50-32(25-56)13-15-49/h2-10,23,32-34,41-42,50,58H,11-14,16-22,24-29H2,1H3,(H,52,59,60)/t32-,33-,34+,41?,42?/m0/s1. The van der Waals surface area contributed by atoms with E-state index in [9.17, 15) is 29.5 Å². The van der Waals surface area contributed by atoms with Crippen molar-refractivity contribution < 1.29 is 43.2 Å². The zero-order valence-electron chi connectivity index (χ0n) is 37.0. The molecule has 0 bridgehead atoms. The van der Waals surface area contributed by atoms with E-state index in [4.69, 9.17) is 28.9 Å². The summed E-state index contributed by atoms with van der Waals surface area (Å²) in [5, 5.41) is 28.3. The van der Waals surface area contributed by atoms with E-state index in [-0.39, 0.29) is 62.0 Å². The number of nitriles is 1. The van der Waals surface area contributed by atoms with E-state index in [1.807, 2.05) is 0 Å². The molecule has 2 unspecified atom stereocenters. The Hall–Kier alpha value is -6.07. The number of rotatable bonds is 17. The molecule has 5 atom stereocenters. The fraction of sp³-hybridized carbons (Fsp3) is 0.479. The Kier molecular flexibility index (Phi) is 13.8. The number of ether oxygens (including phenoxy) is 4. The lowest BCUT2D eigenvalue weighted by molar-refractivity contribution is -0.136. The second kappa shape index (κ2) is 20.2. The molecule has 3 fully saturated rings. The second-order valence-electron chi connectivity index (χ2n) is 17.5. The van der Waals surface area contributed by atoms with Crippen LogP contribution in [-0.4, -0.2) is 152 Å². The van der Waals surface area contributed by atoms with Crippen LogP contribution in [0.2, 0.25) is 0 Å². The number of aliphatic hydroxyl groups excluding tert-OH is 1. The highest BCUT2D eigenvalue weighted by Crippen LogP contribution is 2.35. The van der Waals surface area contributed by atoms with Gasteiger partial charge >= 0.3 is 6.01 Å². The Labute approximate surface area is 382 Å². The van der Waals surface area contributed by atoms with Gasteiger partial charge in [-0.2, -0.15) is 15.2 Å². The first kappa shape index (κ1) is 45.1. The van der Waals surface area contributed by atoms with E-state index in [1.165, 1.54) is 28.6 Å². The molecule has 3 aromatic carbocycles. The van der Waals surface area contributed by atoms with Gasteiger partial charge in [0.1, 0.15) is 24.6 Å². The minimum absolute atomic E-state index is 0.00335. The van der Waals surface area contributed by atoms with E-state index in [1.54, 1.807) is 6.07 Å². The van der Waals surface area contributed by atoms with Gasteiger partial charge in [0.05, 0.1) is 75.0 Å². The number of aliphatic hydroxyl groups is 1. The highest BCUT2D eigenvalue weighted by Gasteiger charge is 2.45. The molecule has 4 amide bonds. The van der Waals surface area contributed by atoms with Gasteiger partial charge in [0, 0.05) is 67.9 Å². The average Bonchev–Trinajstić information content (AvgIpc) is 3.81. The smallest absolute Gasteiger partial charge is 0.318 e. The van der Waals surface area contributed by atoms with Crippen LogP contribution < -0.4 is 25.2 Å². The van der Waals surface area contributed by atoms with E-state index in [0.717, 1.165) is 61.0 Å². The molecule has 0 spiro atoms. The molecular weight excluding hydrogens is 847 g/mol. The molecular formula is C48H55N9O9. The minimum Gasteiger partial charge on any atom is -0.462 e. The molecule has 6 heterocycles. The number of likely N-dealkylation sites (tertiary alicyclic amines) is 1. The summed E-state index contributed by atoms with van der Waals surface area (Å²) in [5.41, 5.74) is 3.92. The van der Waals surface area contributed by atoms with E-state index in [0.29, 0.717) is 50.9 Å². The number of piperazine rings is 1. The highest BCUT2D eigenvalue weighted by molar-refractivity contribution is 6.23. The third kappa shape index (κ3) is 9.73. The zero-order chi connectivity index (χ0) is 45.7. The number of anilines is 2. The number of benzene rings is 3. The number of hydrogen-bond donors (Lipinski definition) is 3. The SMILES string of the molecule is CN1C[C@H](OCCOCCOCC(O)c2ccc3c(c2)C(=O)N(C2CCC(=O)NC2=O)C3=O)C[C@H]1COc1nc2c(c(N3CCN[C@@H](CC#N)C3)n1)CCN(c1cccc3ccccc13)C2. The highest BCUT2D eigenvalue weighted by atomic mass is 16.5. The van der Waals surface area contributed by atoms with Crippen molar-refractivity contribution in [2.75, 3.05) is 89.2 Å². The van der Waals surface area contributed by atoms with Crippen LogP contribution in [0.3, 0.4) is 0 Å². The Bertz CT molecular complexity index is 2510. The number of carbonyl (C=O) groups is 4. The molecule has 3 N–H and O–H groups in total. The molecule has 0 aliphatic carbocycles. The van der Waals surface area contributed by atoms with E-state index >= 15 is 0 Å². The van der Waals surface area contributed by atoms with Crippen LogP contribution >= 0.6 is 0 Å². The number of amides is 4. The summed E-state index contributed by atoms with van der Waals surface area (Å²) in [7, 11) is 2.06. The fourth-order valence-corrected chi connectivity index (χ4v) is 9.66. The molecule has 0 radical (unpaired) electrons. The number of imide groups is 2. The van der Waals surface area contributed by atoms with Crippen molar-refractivity contribution in [2.24, 2.45) is 0 Å². The molecule has 4 aromatic rings. The molecule has 5 aliphatic heterocycles. The van der Waals surface area contributed by atoms with Crippen molar-refractivity contribution >= 4 is 45.9 Å². The molecule has 18 nitrogen and oxygen atoms in total. The van der Waals surface area contributed by atoms with Gasteiger partial charge in [0.25, 0.3) is 11.8 Å². The predicted molar refractivity (Wildman–Crippen MR) is 241 cm³/mol. The van der Waals surface area contributed by atoms with Crippen LogP contribution in [0.15, 0.2) is 60.7 Å². The summed E-state index contributed by atoms with van der Waals surface area (Å²) >= 11 is 0. The maximum Gasteiger partial charge on any atom is 0.318 e. The molecule has 9 rings (SSSR count). The first-order chi connectivity index (χ1) is 32.1. The van der Waals surface area contributed by atoms with Crippen molar-refractivity contribution in [3.05, 3.63) is 88.6 Å². The Morgan fingerprint density at radius 1 is 0.909 bits per heavy atom. The van der Waals surface area contributed by atoms with Gasteiger partial charge in [-0.3, -0.25) is 34.3 Å². The topological polar surface area (TPSA) is 212 Å². The predicted octanol–water partition coefficient (Wildman–Crippen LogP) is 2.52. The summed E-state index contributed by atoms with van der Waals surface area (Å²) in [5.74, 6) is -1.46. The van der Waals surface area contributed by atoms with Crippen molar-refractivity contribution in [3.63, 3.8) is 0 Å². The molecule has 18 heteroatoms. The average molecular weight is 902 g/mol. The van der Waals surface area contributed by atoms with Gasteiger partial charge in [0.2, 0.25) is 11.8 Å². The van der Waals surface area contributed by atoms with E-state index in [2.05, 4.69) is 80.9 Å². The molecule has 5 aliphatic rings. The summed E-state index contributed by atoms with van der Waals surface area (Å²) < 4.78 is 24.0. The van der Waals surface area contributed by atoms with Crippen molar-refractivity contribution in [3.8, 4) is 12.1 Å². The summed E-state index contributed by atoms with van der Waals surface area (Å²) in [6.45, 7) is 6.06. The first-order valence-corrected chi connectivity index (χ1v) is 22.8. The number of aromatic nitrogens is 2. The van der Waals surface area contributed by atoms with Gasteiger partial charge < -0.3 is 39.2 Å². The van der Waals surface area contributed by atoms with Crippen LogP contribution in [0.4, 0.5) is 11.5 Å². The number of fused-ring (bicyclic) bond motifs is 3. The maximum absolute atomic E-state index is 13.2. The van der Waals surface area contributed by atoms with Gasteiger partial charge in [-0.05, 0) is 55.5 Å². The lowest BCUT2D eigenvalue weighted by Gasteiger charge is -2.37. The van der Waals surface area contributed by atoms with Crippen LogP contribution in [0.25, 0.3) is 10.8 Å². The summed E-state index contributed by atoms with van der Waals surface area (Å²) in [6.07, 6.45) is 1.03. The summed E-state index contributed by atoms with van der Waals surface area (Å²) in [4.78, 5) is 68.0. The molecule has 346 valence electrons. The minimum atomic E-state index is -1.07. The van der Waals surface area contributed by atoms with Crippen molar-refractivity contribution in [1.29, 1.82) is 5.26 Å². The van der Waals surface area contributed by atoms with Crippen LogP contribution in [0.5, 0.6) is 6.01 Å². The third-order valence-electron chi connectivity index (χ3n) is 13.2. The Morgan fingerprint density at radius 2 is 1.73 bits per heavy atom. The van der Waals surface area contributed by atoms with E-state index < -0.39 is 35.8 Å². The van der Waals surface area contributed by atoms with Gasteiger partial charge in [-0.25, -0.2) is 0 Å². The molecule has 66 heavy (non-hydrogen) atoms. The number of piperidine rings is 1. The zero-order valence-corrected chi connectivity index (χ0v) is 37.0. The normalized spacial score (nSPS) is 22.7. The largest absolute Gasteiger partial charge is 0.462 e. The lowest BCUT2D eigenvalue weighted by Crippen LogP contribution is -2.54. The third-order valence-corrected chi connectivity index (χ3v) is 13.2. The summed E-state index contributed by atoms with van der Waals surface area (Å²) in [6, 6.07) is 21.1. The molecule has 3 saturated heterocycles. The number of nitrogens with one attached hydrogen (secondary N) is 2. The van der Waals surface area contributed by atoms with Gasteiger partial charge in [0.15, 0.2) is 0 Å². The van der Waals surface area contributed by atoms with Crippen LogP contribution in [0, 0.1) is 11.3 Å².